The molecule has 0 N–H and O–H groups in total. The quantitative estimate of drug-likeness (QED) is 0.588. The van der Waals surface area contributed by atoms with Gasteiger partial charge in [0.2, 0.25) is 5.75 Å². The van der Waals surface area contributed by atoms with Crippen molar-refractivity contribution in [1.82, 2.24) is 0 Å². The lowest BCUT2D eigenvalue weighted by Gasteiger charge is -1.98. The molecule has 2 heteroatoms. The summed E-state index contributed by atoms with van der Waals surface area (Å²) >= 11 is 0. The van der Waals surface area contributed by atoms with E-state index in [9.17, 15) is 0 Å². The molecule has 0 atom stereocenters. The van der Waals surface area contributed by atoms with Crippen LogP contribution in [0.25, 0.3) is 11.1 Å². The van der Waals surface area contributed by atoms with Crippen molar-refractivity contribution >= 4 is 0 Å². The van der Waals surface area contributed by atoms with Gasteiger partial charge in [-0.15, -0.1) is 0 Å². The summed E-state index contributed by atoms with van der Waals surface area (Å²) in [5.74, 6) is 2.63. The van der Waals surface area contributed by atoms with Crippen molar-refractivity contribution in [2.45, 2.75) is 0 Å². The van der Waals surface area contributed by atoms with Crippen molar-refractivity contribution in [3.63, 3.8) is 0 Å². The zero-order chi connectivity index (χ0) is 10.3. The van der Waals surface area contributed by atoms with E-state index in [1.54, 1.807) is 7.11 Å². The number of hydrogen-bond acceptors (Lipinski definition) is 2. The van der Waals surface area contributed by atoms with Crippen molar-refractivity contribution in [1.29, 1.82) is 0 Å². The Hall–Kier alpha value is -1.96. The van der Waals surface area contributed by atoms with Gasteiger partial charge in [0.25, 0.3) is 0 Å². The normalized spacial score (nSPS) is 11.5. The van der Waals surface area contributed by atoms with Crippen LogP contribution in [0.2, 0.25) is 0 Å². The third-order valence-electron chi connectivity index (χ3n) is 2.54. The van der Waals surface area contributed by atoms with E-state index in [-0.39, 0.29) is 0 Å². The summed E-state index contributed by atoms with van der Waals surface area (Å²) < 4.78 is 10.6. The minimum Gasteiger partial charge on any atom is -0.493 e. The second-order valence-electron chi connectivity index (χ2n) is 3.44. The molecule has 0 amide bonds. The smallest absolute Gasteiger partial charge is 0.212 e. The van der Waals surface area contributed by atoms with E-state index < -0.39 is 0 Å². The fraction of sp³-hybridized carbons (Fsp3) is 0.0769. The van der Waals surface area contributed by atoms with E-state index >= 15 is 0 Å². The van der Waals surface area contributed by atoms with E-state index in [0.717, 1.165) is 22.8 Å². The number of methoxy groups -OCH3 is 1. The first-order valence-electron chi connectivity index (χ1n) is 4.84. The summed E-state index contributed by atoms with van der Waals surface area (Å²) in [5.41, 5.74) is 2.31. The van der Waals surface area contributed by atoms with E-state index in [2.05, 4.69) is 12.1 Å². The van der Waals surface area contributed by atoms with Crippen LogP contribution >= 0.6 is 0 Å². The molecule has 1 aliphatic rings. The molecule has 74 valence electrons. The van der Waals surface area contributed by atoms with Crippen molar-refractivity contribution in [2.24, 2.45) is 0 Å². The van der Waals surface area contributed by atoms with Gasteiger partial charge in [0.15, 0.2) is 11.5 Å². The summed E-state index contributed by atoms with van der Waals surface area (Å²) in [6.45, 7) is 0. The first-order valence-corrected chi connectivity index (χ1v) is 4.84. The molecular weight excluding hydrogens is 188 g/mol. The molecule has 3 rings (SSSR count). The fourth-order valence-corrected chi connectivity index (χ4v) is 1.73. The van der Waals surface area contributed by atoms with Gasteiger partial charge in [0, 0.05) is 5.56 Å². The minimum atomic E-state index is 0.810. The minimum absolute atomic E-state index is 0.810. The van der Waals surface area contributed by atoms with E-state index in [4.69, 9.17) is 9.47 Å². The maximum absolute atomic E-state index is 5.42. The Morgan fingerprint density at radius 1 is 0.933 bits per heavy atom. The van der Waals surface area contributed by atoms with E-state index in [1.807, 2.05) is 30.3 Å². The highest BCUT2D eigenvalue weighted by Gasteiger charge is 2.29. The summed E-state index contributed by atoms with van der Waals surface area (Å²) in [6, 6.07) is 14.2. The Bertz CT molecular complexity index is 503. The summed E-state index contributed by atoms with van der Waals surface area (Å²) in [6.07, 6.45) is 0. The Labute approximate surface area is 88.1 Å². The average Bonchev–Trinajstić information content (AvgIpc) is 3.08. The molecule has 2 aromatic carbocycles. The highest BCUT2D eigenvalue weighted by Crippen LogP contribution is 2.57. The first kappa shape index (κ1) is 8.36. The van der Waals surface area contributed by atoms with Gasteiger partial charge < -0.3 is 9.47 Å². The second kappa shape index (κ2) is 3.02. The van der Waals surface area contributed by atoms with Crippen molar-refractivity contribution < 1.29 is 9.47 Å². The summed E-state index contributed by atoms with van der Waals surface area (Å²) in [5, 5.41) is 0. The summed E-state index contributed by atoms with van der Waals surface area (Å²) in [7, 11) is 1.65. The van der Waals surface area contributed by atoms with Crippen LogP contribution in [-0.2, 0) is 0 Å². The molecule has 0 radical (unpaired) electrons. The highest BCUT2D eigenvalue weighted by molar-refractivity contribution is 5.82. The van der Waals surface area contributed by atoms with Crippen molar-refractivity contribution in [3.8, 4) is 28.4 Å². The number of rotatable bonds is 2. The molecule has 1 aliphatic heterocycles. The van der Waals surface area contributed by atoms with Crippen LogP contribution in [0.5, 0.6) is 17.2 Å². The van der Waals surface area contributed by atoms with Crippen molar-refractivity contribution in [3.05, 3.63) is 42.5 Å². The highest BCUT2D eigenvalue weighted by atomic mass is 16.6. The lowest BCUT2D eigenvalue weighted by atomic mass is 10.1. The van der Waals surface area contributed by atoms with Crippen LogP contribution < -0.4 is 9.47 Å². The van der Waals surface area contributed by atoms with Gasteiger partial charge in [-0.3, -0.25) is 0 Å². The largest absolute Gasteiger partial charge is 0.493 e. The lowest BCUT2D eigenvalue weighted by molar-refractivity contribution is 0.408. The van der Waals surface area contributed by atoms with E-state index in [0.29, 0.717) is 0 Å². The van der Waals surface area contributed by atoms with Crippen LogP contribution in [0, 0.1) is 0 Å². The predicted octanol–water partition coefficient (Wildman–Crippen LogP) is 3.47. The third kappa shape index (κ3) is 1.26. The van der Waals surface area contributed by atoms with Crippen LogP contribution in [0.15, 0.2) is 42.5 Å². The van der Waals surface area contributed by atoms with Crippen molar-refractivity contribution in [2.75, 3.05) is 7.11 Å². The Morgan fingerprint density at radius 3 is 2.47 bits per heavy atom. The second-order valence-corrected chi connectivity index (χ2v) is 3.44. The molecule has 0 saturated heterocycles. The maximum atomic E-state index is 5.42. The standard InChI is InChI=1S/C13H10O2/c1-14-11-8-7-10(12-13(11)15-12)9-5-3-2-4-6-9/h2-8H,1H3. The van der Waals surface area contributed by atoms with Crippen LogP contribution in [-0.4, -0.2) is 7.11 Å². The molecule has 0 aliphatic carbocycles. The van der Waals surface area contributed by atoms with Gasteiger partial charge in [-0.05, 0) is 17.7 Å². The van der Waals surface area contributed by atoms with Crippen LogP contribution in [0.4, 0.5) is 0 Å². The number of ether oxygens (including phenoxy) is 2. The van der Waals surface area contributed by atoms with Gasteiger partial charge in [-0.2, -0.15) is 0 Å². The number of hydrogen-bond donors (Lipinski definition) is 0. The molecule has 15 heavy (non-hydrogen) atoms. The van der Waals surface area contributed by atoms with Gasteiger partial charge in [-0.25, -0.2) is 0 Å². The molecule has 2 aromatic rings. The molecule has 1 heterocycles. The van der Waals surface area contributed by atoms with E-state index in [1.165, 1.54) is 5.56 Å². The maximum Gasteiger partial charge on any atom is 0.212 e. The zero-order valence-electron chi connectivity index (χ0n) is 8.36. The predicted molar refractivity (Wildman–Crippen MR) is 58.5 cm³/mol. The number of fused-ring (bicyclic) bond motifs is 1. The topological polar surface area (TPSA) is 21.8 Å². The Morgan fingerprint density at radius 2 is 1.73 bits per heavy atom. The van der Waals surface area contributed by atoms with Gasteiger partial charge >= 0.3 is 0 Å². The lowest BCUT2D eigenvalue weighted by Crippen LogP contribution is -1.78. The van der Waals surface area contributed by atoms with Crippen LogP contribution in [0.1, 0.15) is 0 Å². The Balaban J connectivity index is 2.10. The zero-order valence-corrected chi connectivity index (χ0v) is 8.36. The molecule has 0 unspecified atom stereocenters. The molecule has 0 fully saturated rings. The first-order chi connectivity index (χ1) is 7.40. The molecule has 0 saturated carbocycles. The third-order valence-corrected chi connectivity index (χ3v) is 2.54. The average molecular weight is 198 g/mol. The molecular formula is C13H10O2. The molecule has 2 nitrogen and oxygen atoms in total. The molecule has 0 bridgehead atoms. The van der Waals surface area contributed by atoms with Crippen LogP contribution in [0.3, 0.4) is 0 Å². The fourth-order valence-electron chi connectivity index (χ4n) is 1.73. The Kier molecular flexibility index (Phi) is 1.68. The molecule has 0 aromatic heterocycles. The monoisotopic (exact) mass is 198 g/mol. The van der Waals surface area contributed by atoms with Gasteiger partial charge in [-0.1, -0.05) is 30.3 Å². The van der Waals surface area contributed by atoms with Gasteiger partial charge in [0.1, 0.15) is 0 Å². The van der Waals surface area contributed by atoms with Gasteiger partial charge in [0.05, 0.1) is 7.11 Å². The summed E-state index contributed by atoms with van der Waals surface area (Å²) in [4.78, 5) is 0. The number of benzene rings is 2. The molecule has 0 spiro atoms. The SMILES string of the molecule is COc1ccc(-c2ccccc2)c2c1O2.